The van der Waals surface area contributed by atoms with Crippen molar-refractivity contribution in [2.45, 2.75) is 57.3 Å². The fourth-order valence-corrected chi connectivity index (χ4v) is 5.32. The van der Waals surface area contributed by atoms with Gasteiger partial charge in [0.15, 0.2) is 5.16 Å². The predicted molar refractivity (Wildman–Crippen MR) is 119 cm³/mol. The molecule has 1 unspecified atom stereocenters. The van der Waals surface area contributed by atoms with Crippen LogP contribution in [0.5, 0.6) is 0 Å². The molecule has 172 valence electrons. The highest BCUT2D eigenvalue weighted by Gasteiger charge is 2.27. The van der Waals surface area contributed by atoms with E-state index in [2.05, 4.69) is 26.6 Å². The van der Waals surface area contributed by atoms with Crippen LogP contribution in [0, 0.1) is 5.92 Å². The molecule has 1 aromatic heterocycles. The average Bonchev–Trinajstić information content (AvgIpc) is 3.43. The number of anilines is 1. The van der Waals surface area contributed by atoms with Crippen molar-refractivity contribution in [3.63, 3.8) is 0 Å². The molecule has 0 aromatic carbocycles. The molecule has 2 amide bonds. The molecule has 4 rings (SSSR count). The molecule has 3 aliphatic rings. The van der Waals surface area contributed by atoms with Gasteiger partial charge in [0.25, 0.3) is 0 Å². The minimum absolute atomic E-state index is 0.0725. The van der Waals surface area contributed by atoms with Crippen molar-refractivity contribution in [2.24, 2.45) is 5.92 Å². The lowest BCUT2D eigenvalue weighted by Crippen LogP contribution is -2.50. The van der Waals surface area contributed by atoms with Crippen molar-refractivity contribution in [3.05, 3.63) is 0 Å². The van der Waals surface area contributed by atoms with Gasteiger partial charge in [-0.05, 0) is 31.6 Å². The van der Waals surface area contributed by atoms with Gasteiger partial charge < -0.3 is 19.4 Å². The second kappa shape index (κ2) is 10.2. The Bertz CT molecular complexity index is 765. The fraction of sp³-hybridized carbons (Fsp3) is 0.810. The van der Waals surface area contributed by atoms with Gasteiger partial charge in [-0.15, -0.1) is 10.2 Å². The maximum atomic E-state index is 12.8. The molecular weight excluding hydrogens is 416 g/mol. The summed E-state index contributed by atoms with van der Waals surface area (Å²) in [5.74, 6) is 2.16. The van der Waals surface area contributed by atoms with Gasteiger partial charge in [-0.1, -0.05) is 18.7 Å². The van der Waals surface area contributed by atoms with E-state index in [9.17, 15) is 9.59 Å². The van der Waals surface area contributed by atoms with E-state index in [1.165, 1.54) is 24.6 Å². The zero-order valence-electron chi connectivity index (χ0n) is 18.7. The smallest absolute Gasteiger partial charge is 0.233 e. The lowest BCUT2D eigenvalue weighted by atomic mass is 10.00. The molecule has 0 bridgehead atoms. The van der Waals surface area contributed by atoms with Crippen LogP contribution in [0.3, 0.4) is 0 Å². The molecule has 3 fully saturated rings. The lowest BCUT2D eigenvalue weighted by Gasteiger charge is -2.34. The highest BCUT2D eigenvalue weighted by atomic mass is 32.2. The number of ether oxygens (including phenoxy) is 1. The molecule has 1 aromatic rings. The molecule has 0 aliphatic carbocycles. The number of aromatic nitrogens is 3. The second-order valence-electron chi connectivity index (χ2n) is 8.87. The number of hydrogen-bond acceptors (Lipinski definition) is 7. The third-order valence-corrected chi connectivity index (χ3v) is 7.53. The quantitative estimate of drug-likeness (QED) is 0.607. The number of thioether (sulfide) groups is 1. The third-order valence-electron chi connectivity index (χ3n) is 6.58. The van der Waals surface area contributed by atoms with Gasteiger partial charge in [0.2, 0.25) is 17.8 Å². The van der Waals surface area contributed by atoms with E-state index >= 15 is 0 Å². The summed E-state index contributed by atoms with van der Waals surface area (Å²) in [5, 5.41) is 9.77. The molecule has 0 spiro atoms. The zero-order chi connectivity index (χ0) is 21.8. The Morgan fingerprint density at radius 2 is 1.74 bits per heavy atom. The average molecular weight is 451 g/mol. The second-order valence-corrected chi connectivity index (χ2v) is 9.82. The Morgan fingerprint density at radius 1 is 1.03 bits per heavy atom. The van der Waals surface area contributed by atoms with Gasteiger partial charge in [-0.3, -0.25) is 14.2 Å². The minimum Gasteiger partial charge on any atom is -0.376 e. The number of rotatable bonds is 6. The number of piperidine rings is 1. The Morgan fingerprint density at radius 3 is 2.39 bits per heavy atom. The van der Waals surface area contributed by atoms with Gasteiger partial charge >= 0.3 is 0 Å². The SMILES string of the molecule is CC(=O)N1CCN(C(=O)CSc2nnc(N3CCC(C)CC3)n2CC2CCCO2)CC1. The van der Waals surface area contributed by atoms with E-state index in [0.29, 0.717) is 31.9 Å². The molecule has 0 saturated carbocycles. The maximum absolute atomic E-state index is 12.8. The first-order valence-electron chi connectivity index (χ1n) is 11.5. The molecule has 0 N–H and O–H groups in total. The molecule has 9 nitrogen and oxygen atoms in total. The highest BCUT2D eigenvalue weighted by molar-refractivity contribution is 7.99. The summed E-state index contributed by atoms with van der Waals surface area (Å²) in [6, 6.07) is 0. The molecule has 4 heterocycles. The molecule has 1 atom stereocenters. The maximum Gasteiger partial charge on any atom is 0.233 e. The summed E-state index contributed by atoms with van der Waals surface area (Å²) in [7, 11) is 0. The largest absolute Gasteiger partial charge is 0.376 e. The fourth-order valence-electron chi connectivity index (χ4n) is 4.47. The van der Waals surface area contributed by atoms with Crippen LogP contribution in [0.4, 0.5) is 5.95 Å². The lowest BCUT2D eigenvalue weighted by molar-refractivity contribution is -0.136. The first-order valence-corrected chi connectivity index (χ1v) is 12.5. The molecule has 3 saturated heterocycles. The summed E-state index contributed by atoms with van der Waals surface area (Å²) in [5.41, 5.74) is 0. The number of hydrogen-bond donors (Lipinski definition) is 0. The van der Waals surface area contributed by atoms with E-state index in [0.717, 1.165) is 56.1 Å². The van der Waals surface area contributed by atoms with Crippen LogP contribution in [-0.4, -0.2) is 94.1 Å². The normalized spacial score (nSPS) is 22.9. The van der Waals surface area contributed by atoms with E-state index in [4.69, 9.17) is 4.74 Å². The van der Waals surface area contributed by atoms with Crippen molar-refractivity contribution >= 4 is 29.5 Å². The van der Waals surface area contributed by atoms with Crippen molar-refractivity contribution in [1.29, 1.82) is 0 Å². The molecule has 31 heavy (non-hydrogen) atoms. The van der Waals surface area contributed by atoms with Crippen molar-refractivity contribution in [2.75, 3.05) is 56.5 Å². The molecule has 10 heteroatoms. The van der Waals surface area contributed by atoms with Crippen LogP contribution in [0.2, 0.25) is 0 Å². The summed E-state index contributed by atoms with van der Waals surface area (Å²) in [6.07, 6.45) is 4.67. The third kappa shape index (κ3) is 5.52. The Hall–Kier alpha value is -1.81. The van der Waals surface area contributed by atoms with Gasteiger partial charge in [0, 0.05) is 52.8 Å². The van der Waals surface area contributed by atoms with Gasteiger partial charge in [-0.2, -0.15) is 0 Å². The number of amides is 2. The summed E-state index contributed by atoms with van der Waals surface area (Å²) < 4.78 is 8.04. The zero-order valence-corrected chi connectivity index (χ0v) is 19.5. The monoisotopic (exact) mass is 450 g/mol. The van der Waals surface area contributed by atoms with Gasteiger partial charge in [-0.25, -0.2) is 0 Å². The van der Waals surface area contributed by atoms with E-state index in [1.54, 1.807) is 11.8 Å². The van der Waals surface area contributed by atoms with E-state index in [1.807, 2.05) is 4.90 Å². The van der Waals surface area contributed by atoms with Gasteiger partial charge in [0.1, 0.15) is 0 Å². The summed E-state index contributed by atoms with van der Waals surface area (Å²) >= 11 is 1.46. The number of carbonyl (C=O) groups is 2. The Labute approximate surface area is 188 Å². The van der Waals surface area contributed by atoms with Crippen LogP contribution < -0.4 is 4.90 Å². The van der Waals surface area contributed by atoms with Crippen molar-refractivity contribution in [3.8, 4) is 0 Å². The van der Waals surface area contributed by atoms with Crippen LogP contribution in [0.25, 0.3) is 0 Å². The van der Waals surface area contributed by atoms with Crippen LogP contribution >= 0.6 is 11.8 Å². The first kappa shape index (κ1) is 22.4. The van der Waals surface area contributed by atoms with Crippen LogP contribution in [0.15, 0.2) is 5.16 Å². The topological polar surface area (TPSA) is 83.8 Å². The number of carbonyl (C=O) groups excluding carboxylic acids is 2. The van der Waals surface area contributed by atoms with Crippen molar-refractivity contribution in [1.82, 2.24) is 24.6 Å². The summed E-state index contributed by atoms with van der Waals surface area (Å²) in [4.78, 5) is 30.2. The van der Waals surface area contributed by atoms with Gasteiger partial charge in [0.05, 0.1) is 18.4 Å². The van der Waals surface area contributed by atoms with E-state index in [-0.39, 0.29) is 17.9 Å². The Balaban J connectivity index is 1.40. The standard InChI is InChI=1S/C21H34N6O3S/c1-16-5-7-26(8-6-16)20-22-23-21(27(20)14-18-4-3-13-30-18)31-15-19(29)25-11-9-24(10-12-25)17(2)28/h16,18H,3-15H2,1-2H3. The molecular formula is C21H34N6O3S. The van der Waals surface area contributed by atoms with Crippen LogP contribution in [0.1, 0.15) is 39.5 Å². The molecule has 0 radical (unpaired) electrons. The number of nitrogens with zero attached hydrogens (tertiary/aromatic N) is 6. The predicted octanol–water partition coefficient (Wildman–Crippen LogP) is 1.48. The highest BCUT2D eigenvalue weighted by Crippen LogP contribution is 2.28. The van der Waals surface area contributed by atoms with Crippen LogP contribution in [-0.2, 0) is 20.9 Å². The summed E-state index contributed by atoms with van der Waals surface area (Å²) in [6.45, 7) is 9.84. The molecule has 3 aliphatic heterocycles. The van der Waals surface area contributed by atoms with Crippen molar-refractivity contribution < 1.29 is 14.3 Å². The Kier molecular flexibility index (Phi) is 7.37. The minimum atomic E-state index is 0.0725. The first-order chi connectivity index (χ1) is 15.0. The number of piperazine rings is 1. The van der Waals surface area contributed by atoms with E-state index < -0.39 is 0 Å².